The first-order valence-electron chi connectivity index (χ1n) is 11.2. The van der Waals surface area contributed by atoms with Gasteiger partial charge >= 0.3 is 11.9 Å². The highest BCUT2D eigenvalue weighted by atomic mass is 16.6. The van der Waals surface area contributed by atoms with E-state index in [0.717, 1.165) is 0 Å². The summed E-state index contributed by atoms with van der Waals surface area (Å²) in [6, 6.07) is 5.35. The SMILES string of the molecule is CCC(=O)OCc1cc(OC)c(OC)cc1[N+](=O)[O-].CCC(=O)OCc1cc(OC)c(OC)cc1[N+](=O)[O-]. The lowest BCUT2D eigenvalue weighted by atomic mass is 10.1. The van der Waals surface area contributed by atoms with E-state index < -0.39 is 21.8 Å². The van der Waals surface area contributed by atoms with Crippen LogP contribution in [0.5, 0.6) is 23.0 Å². The fraction of sp³-hybridized carbons (Fsp3) is 0.417. The molecule has 38 heavy (non-hydrogen) atoms. The van der Waals surface area contributed by atoms with Crippen LogP contribution in [0.3, 0.4) is 0 Å². The van der Waals surface area contributed by atoms with E-state index in [0.29, 0.717) is 11.5 Å². The number of esters is 2. The van der Waals surface area contributed by atoms with Gasteiger partial charge in [0.25, 0.3) is 11.4 Å². The number of rotatable bonds is 12. The Balaban J connectivity index is 0.000000380. The van der Waals surface area contributed by atoms with Crippen molar-refractivity contribution >= 4 is 23.3 Å². The molecule has 0 fully saturated rings. The van der Waals surface area contributed by atoms with E-state index in [1.54, 1.807) is 13.8 Å². The van der Waals surface area contributed by atoms with E-state index in [9.17, 15) is 29.8 Å². The molecule has 0 heterocycles. The van der Waals surface area contributed by atoms with Gasteiger partial charge in [-0.05, 0) is 12.1 Å². The maximum atomic E-state index is 11.1. The zero-order valence-electron chi connectivity index (χ0n) is 21.9. The van der Waals surface area contributed by atoms with Crippen LogP contribution in [0.2, 0.25) is 0 Å². The Labute approximate surface area is 218 Å². The number of nitro benzene ring substituents is 2. The minimum Gasteiger partial charge on any atom is -0.493 e. The van der Waals surface area contributed by atoms with E-state index >= 15 is 0 Å². The van der Waals surface area contributed by atoms with Gasteiger partial charge in [0.1, 0.15) is 13.2 Å². The molecule has 0 unspecified atom stereocenters. The Bertz CT molecular complexity index is 1060. The van der Waals surface area contributed by atoms with E-state index in [1.165, 1.54) is 52.7 Å². The molecule has 0 spiro atoms. The molecular formula is C24H30N2O12. The maximum Gasteiger partial charge on any atom is 0.305 e. The topological polar surface area (TPSA) is 176 Å². The maximum absolute atomic E-state index is 11.1. The van der Waals surface area contributed by atoms with Crippen LogP contribution < -0.4 is 18.9 Å². The lowest BCUT2D eigenvalue weighted by Crippen LogP contribution is -2.05. The Kier molecular flexibility index (Phi) is 12.8. The van der Waals surface area contributed by atoms with Crippen molar-refractivity contribution in [1.29, 1.82) is 0 Å². The normalized spacial score (nSPS) is 9.84. The number of hydrogen-bond acceptors (Lipinski definition) is 12. The van der Waals surface area contributed by atoms with Crippen LogP contribution in [-0.2, 0) is 32.3 Å². The van der Waals surface area contributed by atoms with Gasteiger partial charge in [-0.25, -0.2) is 0 Å². The van der Waals surface area contributed by atoms with E-state index in [2.05, 4.69) is 0 Å². The average Bonchev–Trinajstić information content (AvgIpc) is 2.93. The molecule has 208 valence electrons. The largest absolute Gasteiger partial charge is 0.493 e. The molecule has 14 heteroatoms. The molecule has 0 atom stereocenters. The Morgan fingerprint density at radius 3 is 1.16 bits per heavy atom. The average molecular weight is 539 g/mol. The molecule has 0 radical (unpaired) electrons. The van der Waals surface area contributed by atoms with Crippen molar-refractivity contribution in [2.75, 3.05) is 28.4 Å². The van der Waals surface area contributed by atoms with Crippen LogP contribution in [0.15, 0.2) is 24.3 Å². The lowest BCUT2D eigenvalue weighted by molar-refractivity contribution is -0.386. The Hall–Kier alpha value is -4.62. The number of ether oxygens (including phenoxy) is 6. The van der Waals surface area contributed by atoms with Crippen molar-refractivity contribution in [3.8, 4) is 23.0 Å². The van der Waals surface area contributed by atoms with Crippen LogP contribution in [0.1, 0.15) is 37.8 Å². The highest BCUT2D eigenvalue weighted by molar-refractivity contribution is 5.69. The molecule has 0 bridgehead atoms. The summed E-state index contributed by atoms with van der Waals surface area (Å²) in [7, 11) is 5.62. The van der Waals surface area contributed by atoms with Gasteiger partial charge in [0, 0.05) is 12.8 Å². The Morgan fingerprint density at radius 1 is 0.632 bits per heavy atom. The summed E-state index contributed by atoms with van der Waals surface area (Å²) < 4.78 is 29.9. The van der Waals surface area contributed by atoms with Gasteiger partial charge in [-0.2, -0.15) is 0 Å². The zero-order chi connectivity index (χ0) is 28.8. The monoisotopic (exact) mass is 538 g/mol. The second-order valence-corrected chi connectivity index (χ2v) is 7.21. The molecular weight excluding hydrogens is 508 g/mol. The summed E-state index contributed by atoms with van der Waals surface area (Å²) in [5.74, 6) is 0.332. The molecule has 0 saturated carbocycles. The number of hydrogen-bond donors (Lipinski definition) is 0. The fourth-order valence-corrected chi connectivity index (χ4v) is 2.91. The van der Waals surface area contributed by atoms with Crippen LogP contribution in [0.25, 0.3) is 0 Å². The van der Waals surface area contributed by atoms with Gasteiger partial charge in [0.05, 0.1) is 61.5 Å². The van der Waals surface area contributed by atoms with E-state index in [4.69, 9.17) is 28.4 Å². The summed E-state index contributed by atoms with van der Waals surface area (Å²) in [5.41, 5.74) is 0.150. The smallest absolute Gasteiger partial charge is 0.305 e. The van der Waals surface area contributed by atoms with Crippen molar-refractivity contribution < 1.29 is 47.9 Å². The molecule has 2 aromatic rings. The molecule has 0 aromatic heterocycles. The standard InChI is InChI=1S/2C12H15NO6/c2*1-4-12(14)19-7-8-5-10(17-2)11(18-3)6-9(8)13(15)16/h2*5-6H,4,7H2,1-3H3. The summed E-state index contributed by atoms with van der Waals surface area (Å²) in [6.45, 7) is 2.93. The first kappa shape index (κ1) is 31.4. The van der Waals surface area contributed by atoms with Crippen LogP contribution >= 0.6 is 0 Å². The number of methoxy groups -OCH3 is 4. The van der Waals surface area contributed by atoms with Gasteiger partial charge in [-0.3, -0.25) is 29.8 Å². The molecule has 0 aliphatic carbocycles. The summed E-state index contributed by atoms with van der Waals surface area (Å²) in [5, 5.41) is 21.9. The predicted molar refractivity (Wildman–Crippen MR) is 133 cm³/mol. The van der Waals surface area contributed by atoms with E-state index in [-0.39, 0.29) is 60.1 Å². The van der Waals surface area contributed by atoms with Gasteiger partial charge in [0.2, 0.25) is 0 Å². The van der Waals surface area contributed by atoms with Gasteiger partial charge < -0.3 is 28.4 Å². The van der Waals surface area contributed by atoms with Crippen molar-refractivity contribution in [3.63, 3.8) is 0 Å². The number of carbonyl (C=O) groups is 2. The van der Waals surface area contributed by atoms with Crippen LogP contribution in [-0.4, -0.2) is 50.2 Å². The minimum absolute atomic E-state index is 0.177. The number of nitrogens with zero attached hydrogens (tertiary/aromatic N) is 2. The lowest BCUT2D eigenvalue weighted by Gasteiger charge is -2.10. The van der Waals surface area contributed by atoms with Gasteiger partial charge in [-0.1, -0.05) is 13.8 Å². The molecule has 0 aliphatic rings. The molecule has 2 aromatic carbocycles. The third-order valence-electron chi connectivity index (χ3n) is 4.92. The third-order valence-corrected chi connectivity index (χ3v) is 4.92. The fourth-order valence-electron chi connectivity index (χ4n) is 2.91. The van der Waals surface area contributed by atoms with Gasteiger partial charge in [-0.15, -0.1) is 0 Å². The second-order valence-electron chi connectivity index (χ2n) is 7.21. The molecule has 0 amide bonds. The number of nitro groups is 2. The van der Waals surface area contributed by atoms with Crippen molar-refractivity contribution in [1.82, 2.24) is 0 Å². The van der Waals surface area contributed by atoms with E-state index in [1.807, 2.05) is 0 Å². The minimum atomic E-state index is -0.558. The van der Waals surface area contributed by atoms with Gasteiger partial charge in [0.15, 0.2) is 23.0 Å². The highest BCUT2D eigenvalue weighted by Crippen LogP contribution is 2.35. The number of carbonyl (C=O) groups excluding carboxylic acids is 2. The van der Waals surface area contributed by atoms with Crippen LogP contribution in [0, 0.1) is 20.2 Å². The molecule has 14 nitrogen and oxygen atoms in total. The molecule has 0 aliphatic heterocycles. The zero-order valence-corrected chi connectivity index (χ0v) is 21.9. The quantitative estimate of drug-likeness (QED) is 0.215. The number of benzene rings is 2. The Morgan fingerprint density at radius 2 is 0.921 bits per heavy atom. The second kappa shape index (κ2) is 15.5. The summed E-state index contributed by atoms with van der Waals surface area (Å²) in [4.78, 5) is 43.0. The summed E-state index contributed by atoms with van der Waals surface area (Å²) >= 11 is 0. The molecule has 0 N–H and O–H groups in total. The first-order chi connectivity index (χ1) is 18.1. The van der Waals surface area contributed by atoms with Crippen molar-refractivity contribution in [2.45, 2.75) is 39.9 Å². The highest BCUT2D eigenvalue weighted by Gasteiger charge is 2.21. The van der Waals surface area contributed by atoms with Crippen LogP contribution in [0.4, 0.5) is 11.4 Å². The van der Waals surface area contributed by atoms with Crippen molar-refractivity contribution in [2.24, 2.45) is 0 Å². The molecule has 0 saturated heterocycles. The third kappa shape index (κ3) is 8.80. The summed E-state index contributed by atoms with van der Waals surface area (Å²) in [6.07, 6.45) is 0.419. The first-order valence-corrected chi connectivity index (χ1v) is 11.2. The predicted octanol–water partition coefficient (Wildman–Crippen LogP) is 4.13. The molecule has 2 rings (SSSR count). The van der Waals surface area contributed by atoms with Crippen molar-refractivity contribution in [3.05, 3.63) is 55.6 Å².